The van der Waals surface area contributed by atoms with Crippen molar-refractivity contribution in [2.24, 2.45) is 7.05 Å². The molecule has 0 saturated heterocycles. The van der Waals surface area contributed by atoms with E-state index in [4.69, 9.17) is 4.42 Å². The highest BCUT2D eigenvalue weighted by atomic mass is 16.3. The molecule has 0 aliphatic carbocycles. The Morgan fingerprint density at radius 2 is 1.60 bits per heavy atom. The van der Waals surface area contributed by atoms with Gasteiger partial charge in [-0.2, -0.15) is 0 Å². The fourth-order valence-corrected chi connectivity index (χ4v) is 2.96. The molecular formula is C18H15NO. The average Bonchev–Trinajstić information content (AvgIpc) is 2.97. The van der Waals surface area contributed by atoms with Crippen LogP contribution in [0.15, 0.2) is 59.0 Å². The van der Waals surface area contributed by atoms with Crippen molar-refractivity contribution in [3.63, 3.8) is 0 Å². The number of hydrogen-bond acceptors (Lipinski definition) is 1. The molecule has 20 heavy (non-hydrogen) atoms. The van der Waals surface area contributed by atoms with E-state index in [1.807, 2.05) is 18.2 Å². The van der Waals surface area contributed by atoms with Gasteiger partial charge in [-0.25, -0.2) is 0 Å². The van der Waals surface area contributed by atoms with Crippen LogP contribution in [-0.2, 0) is 7.05 Å². The number of nitrogens with zero attached hydrogens (tertiary/aromatic N) is 1. The second kappa shape index (κ2) is 4.01. The van der Waals surface area contributed by atoms with Gasteiger partial charge in [0.05, 0.1) is 16.8 Å². The number of aromatic nitrogens is 1. The highest BCUT2D eigenvalue weighted by molar-refractivity contribution is 6.13. The van der Waals surface area contributed by atoms with Gasteiger partial charge in [0.1, 0.15) is 5.58 Å². The van der Waals surface area contributed by atoms with E-state index >= 15 is 0 Å². The van der Waals surface area contributed by atoms with Gasteiger partial charge in [0.2, 0.25) is 0 Å². The Morgan fingerprint density at radius 3 is 2.40 bits per heavy atom. The molecule has 0 unspecified atom stereocenters. The third kappa shape index (κ3) is 1.39. The fraction of sp³-hybridized carbons (Fsp3) is 0.111. The largest absolute Gasteiger partial charge is 0.454 e. The summed E-state index contributed by atoms with van der Waals surface area (Å²) in [5.41, 5.74) is 5.56. The van der Waals surface area contributed by atoms with Crippen molar-refractivity contribution in [3.05, 3.63) is 60.3 Å². The molecule has 0 aliphatic heterocycles. The normalized spacial score (nSPS) is 11.5. The Hall–Kier alpha value is -2.48. The lowest BCUT2D eigenvalue weighted by molar-refractivity contribution is 0.660. The Balaban J connectivity index is 2.22. The van der Waals surface area contributed by atoms with Gasteiger partial charge in [-0.15, -0.1) is 0 Å². The molecular weight excluding hydrogens is 246 g/mol. The molecule has 4 aromatic rings. The van der Waals surface area contributed by atoms with Crippen molar-refractivity contribution in [1.29, 1.82) is 0 Å². The quantitative estimate of drug-likeness (QED) is 0.476. The minimum Gasteiger partial charge on any atom is -0.454 e. The lowest BCUT2D eigenvalue weighted by Crippen LogP contribution is -1.94. The van der Waals surface area contributed by atoms with E-state index in [-0.39, 0.29) is 0 Å². The third-order valence-corrected chi connectivity index (χ3v) is 4.05. The van der Waals surface area contributed by atoms with E-state index in [1.165, 1.54) is 22.0 Å². The minimum absolute atomic E-state index is 0.957. The molecule has 0 fully saturated rings. The first-order valence-corrected chi connectivity index (χ1v) is 6.79. The van der Waals surface area contributed by atoms with E-state index in [9.17, 15) is 0 Å². The van der Waals surface area contributed by atoms with E-state index in [0.717, 1.165) is 16.9 Å². The van der Waals surface area contributed by atoms with Crippen molar-refractivity contribution in [3.8, 4) is 11.3 Å². The molecule has 0 saturated carbocycles. The monoisotopic (exact) mass is 261 g/mol. The van der Waals surface area contributed by atoms with Crippen LogP contribution in [0.4, 0.5) is 0 Å². The van der Waals surface area contributed by atoms with E-state index in [2.05, 4.69) is 54.9 Å². The molecule has 0 atom stereocenters. The maximum atomic E-state index is 6.05. The van der Waals surface area contributed by atoms with Gasteiger partial charge in [0.15, 0.2) is 5.58 Å². The number of furan rings is 1. The summed E-state index contributed by atoms with van der Waals surface area (Å²) in [7, 11) is 2.10. The molecule has 98 valence electrons. The Kier molecular flexibility index (Phi) is 2.27. The molecule has 0 bridgehead atoms. The number of fused-ring (bicyclic) bond motifs is 3. The van der Waals surface area contributed by atoms with E-state index in [1.54, 1.807) is 0 Å². The van der Waals surface area contributed by atoms with E-state index < -0.39 is 0 Å². The smallest absolute Gasteiger partial charge is 0.156 e. The zero-order chi connectivity index (χ0) is 13.7. The molecule has 2 aromatic carbocycles. The number of benzene rings is 2. The van der Waals surface area contributed by atoms with Gasteiger partial charge in [-0.1, -0.05) is 48.5 Å². The second-order valence-corrected chi connectivity index (χ2v) is 5.16. The number of para-hydroxylation sites is 1. The van der Waals surface area contributed by atoms with Crippen LogP contribution in [-0.4, -0.2) is 4.57 Å². The van der Waals surface area contributed by atoms with Crippen molar-refractivity contribution in [2.75, 3.05) is 0 Å². The lowest BCUT2D eigenvalue weighted by Gasteiger charge is -2.06. The van der Waals surface area contributed by atoms with Gasteiger partial charge < -0.3 is 8.98 Å². The van der Waals surface area contributed by atoms with Crippen molar-refractivity contribution in [2.45, 2.75) is 6.92 Å². The molecule has 0 spiro atoms. The molecule has 2 nitrogen and oxygen atoms in total. The maximum absolute atomic E-state index is 6.05. The zero-order valence-electron chi connectivity index (χ0n) is 11.6. The van der Waals surface area contributed by atoms with E-state index in [0.29, 0.717) is 0 Å². The van der Waals surface area contributed by atoms with Crippen LogP contribution in [0, 0.1) is 6.92 Å². The van der Waals surface area contributed by atoms with Gasteiger partial charge in [0.25, 0.3) is 0 Å². The third-order valence-electron chi connectivity index (χ3n) is 4.05. The SMILES string of the molecule is Cc1c2oc3ccccc3c2c(-c2ccccc2)n1C. The summed E-state index contributed by atoms with van der Waals surface area (Å²) in [5, 5.41) is 2.40. The summed E-state index contributed by atoms with van der Waals surface area (Å²) in [6.45, 7) is 2.11. The van der Waals surface area contributed by atoms with Crippen LogP contribution in [0.5, 0.6) is 0 Å². The standard InChI is InChI=1S/C18H15NO/c1-12-18-16(14-10-6-7-11-15(14)20-18)17(19(12)2)13-8-4-3-5-9-13/h3-11H,1-2H3. The van der Waals surface area contributed by atoms with Crippen LogP contribution in [0.3, 0.4) is 0 Å². The summed E-state index contributed by atoms with van der Waals surface area (Å²) < 4.78 is 8.26. The Labute approximate surface area is 117 Å². The first-order chi connectivity index (χ1) is 9.77. The Morgan fingerprint density at radius 1 is 0.900 bits per heavy atom. The van der Waals surface area contributed by atoms with Gasteiger partial charge in [-0.05, 0) is 18.6 Å². The topological polar surface area (TPSA) is 18.1 Å². The van der Waals surface area contributed by atoms with Crippen molar-refractivity contribution in [1.82, 2.24) is 4.57 Å². The van der Waals surface area contributed by atoms with Crippen LogP contribution in [0.2, 0.25) is 0 Å². The van der Waals surface area contributed by atoms with Crippen LogP contribution in [0.1, 0.15) is 5.69 Å². The molecule has 0 radical (unpaired) electrons. The number of rotatable bonds is 1. The fourth-order valence-electron chi connectivity index (χ4n) is 2.96. The van der Waals surface area contributed by atoms with Crippen molar-refractivity contribution < 1.29 is 4.42 Å². The number of hydrogen-bond donors (Lipinski definition) is 0. The Bertz CT molecular complexity index is 913. The first kappa shape index (κ1) is 11.4. The zero-order valence-corrected chi connectivity index (χ0v) is 11.6. The van der Waals surface area contributed by atoms with Crippen LogP contribution < -0.4 is 0 Å². The van der Waals surface area contributed by atoms with Crippen LogP contribution in [0.25, 0.3) is 33.2 Å². The summed E-state index contributed by atoms with van der Waals surface area (Å²) >= 11 is 0. The van der Waals surface area contributed by atoms with Gasteiger partial charge in [0, 0.05) is 12.4 Å². The molecule has 2 heterocycles. The summed E-state index contributed by atoms with van der Waals surface area (Å²) in [5.74, 6) is 0. The number of aryl methyl sites for hydroxylation is 1. The highest BCUT2D eigenvalue weighted by Crippen LogP contribution is 2.39. The molecule has 0 amide bonds. The summed E-state index contributed by atoms with van der Waals surface area (Å²) in [6.07, 6.45) is 0. The molecule has 0 N–H and O–H groups in total. The lowest BCUT2D eigenvalue weighted by atomic mass is 10.1. The molecule has 2 heteroatoms. The van der Waals surface area contributed by atoms with Gasteiger partial charge in [-0.3, -0.25) is 0 Å². The predicted molar refractivity (Wildman–Crippen MR) is 82.9 cm³/mol. The summed E-state index contributed by atoms with van der Waals surface area (Å²) in [4.78, 5) is 0. The minimum atomic E-state index is 0.957. The average molecular weight is 261 g/mol. The maximum Gasteiger partial charge on any atom is 0.156 e. The first-order valence-electron chi connectivity index (χ1n) is 6.79. The molecule has 0 aliphatic rings. The second-order valence-electron chi connectivity index (χ2n) is 5.16. The molecule has 2 aromatic heterocycles. The van der Waals surface area contributed by atoms with Gasteiger partial charge >= 0.3 is 0 Å². The predicted octanol–water partition coefficient (Wildman–Crippen LogP) is 4.90. The molecule has 4 rings (SSSR count). The van der Waals surface area contributed by atoms with Crippen LogP contribution >= 0.6 is 0 Å². The van der Waals surface area contributed by atoms with Crippen molar-refractivity contribution >= 4 is 21.9 Å². The summed E-state index contributed by atoms with van der Waals surface area (Å²) in [6, 6.07) is 18.7. The highest BCUT2D eigenvalue weighted by Gasteiger charge is 2.19.